The number of rotatable bonds is 1. The molecular weight excluding hydrogens is 310 g/mol. The lowest BCUT2D eigenvalue weighted by Crippen LogP contribution is -2.21. The van der Waals surface area contributed by atoms with Crippen LogP contribution in [-0.4, -0.2) is 11.2 Å². The van der Waals surface area contributed by atoms with Crippen LogP contribution in [0.2, 0.25) is 0 Å². The lowest BCUT2D eigenvalue weighted by atomic mass is 9.87. The highest BCUT2D eigenvalue weighted by Crippen LogP contribution is 2.43. The van der Waals surface area contributed by atoms with Gasteiger partial charge in [-0.25, -0.2) is 26.3 Å². The Labute approximate surface area is 121 Å². The molecule has 0 saturated carbocycles. The van der Waals surface area contributed by atoms with Crippen LogP contribution in [0.5, 0.6) is 0 Å². The van der Waals surface area contributed by atoms with Crippen LogP contribution in [0.1, 0.15) is 19.4 Å². The molecule has 0 aliphatic heterocycles. The van der Waals surface area contributed by atoms with Gasteiger partial charge in [-0.05, 0) is 26.0 Å². The Morgan fingerprint density at radius 2 is 1.45 bits per heavy atom. The van der Waals surface area contributed by atoms with E-state index in [2.05, 4.69) is 0 Å². The number of hydrogen-bond donors (Lipinski definition) is 1. The quantitative estimate of drug-likeness (QED) is 0.590. The molecule has 0 bridgehead atoms. The van der Waals surface area contributed by atoms with Crippen LogP contribution >= 0.6 is 0 Å². The number of halogens is 6. The van der Waals surface area contributed by atoms with E-state index in [1.54, 1.807) is 0 Å². The molecule has 0 heterocycles. The molecule has 22 heavy (non-hydrogen) atoms. The Bertz CT molecular complexity index is 741. The third-order valence-electron chi connectivity index (χ3n) is 3.27. The van der Waals surface area contributed by atoms with E-state index >= 15 is 0 Å². The van der Waals surface area contributed by atoms with Crippen molar-refractivity contribution >= 4 is 5.57 Å². The second kappa shape index (κ2) is 5.64. The fourth-order valence-electron chi connectivity index (χ4n) is 2.21. The Morgan fingerprint density at radius 1 is 0.864 bits per heavy atom. The molecule has 1 unspecified atom stereocenters. The summed E-state index contributed by atoms with van der Waals surface area (Å²) in [5.74, 6) is -10.6. The van der Waals surface area contributed by atoms with Crippen LogP contribution in [0.25, 0.3) is 5.57 Å². The fraction of sp³-hybridized carbons (Fsp3) is 0.200. The van der Waals surface area contributed by atoms with E-state index in [0.717, 1.165) is 0 Å². The largest absolute Gasteiger partial charge is 0.383 e. The Morgan fingerprint density at radius 3 is 2.00 bits per heavy atom. The van der Waals surface area contributed by atoms with Crippen LogP contribution in [-0.2, 0) is 0 Å². The summed E-state index contributed by atoms with van der Waals surface area (Å²) in [6.45, 7) is 2.65. The molecule has 2 rings (SSSR count). The number of hydrogen-bond acceptors (Lipinski definition) is 1. The second-order valence-electron chi connectivity index (χ2n) is 4.89. The standard InChI is InChI=1S/C15H10F6O/c1-5(2)8-12(19)14(21)13(20)9(15(8)22)6-3-4-7(16)11(18)10(6)17/h3-4,15,22H,1-2H3. The zero-order valence-electron chi connectivity index (χ0n) is 11.4. The maximum Gasteiger partial charge on any atom is 0.195 e. The summed E-state index contributed by atoms with van der Waals surface area (Å²) in [7, 11) is 0. The molecule has 1 aromatic carbocycles. The topological polar surface area (TPSA) is 20.2 Å². The van der Waals surface area contributed by atoms with Gasteiger partial charge in [0.15, 0.2) is 34.9 Å². The summed E-state index contributed by atoms with van der Waals surface area (Å²) in [5, 5.41) is 10.0. The molecule has 0 spiro atoms. The minimum Gasteiger partial charge on any atom is -0.383 e. The van der Waals surface area contributed by atoms with Crippen LogP contribution < -0.4 is 0 Å². The summed E-state index contributed by atoms with van der Waals surface area (Å²) in [4.78, 5) is 0. The second-order valence-corrected chi connectivity index (χ2v) is 4.89. The van der Waals surface area contributed by atoms with Gasteiger partial charge in [0.2, 0.25) is 0 Å². The van der Waals surface area contributed by atoms with Crippen LogP contribution in [0.4, 0.5) is 26.3 Å². The van der Waals surface area contributed by atoms with Gasteiger partial charge in [0.25, 0.3) is 0 Å². The average Bonchev–Trinajstić information content (AvgIpc) is 2.44. The first-order chi connectivity index (χ1) is 10.2. The minimum absolute atomic E-state index is 0.119. The van der Waals surface area contributed by atoms with Gasteiger partial charge in [-0.15, -0.1) is 0 Å². The average molecular weight is 320 g/mol. The summed E-state index contributed by atoms with van der Waals surface area (Å²) >= 11 is 0. The van der Waals surface area contributed by atoms with Gasteiger partial charge in [0.05, 0.1) is 0 Å². The van der Waals surface area contributed by atoms with E-state index < -0.39 is 57.7 Å². The molecule has 7 heteroatoms. The van der Waals surface area contributed by atoms with Gasteiger partial charge in [0, 0.05) is 16.7 Å². The minimum atomic E-state index is -2.05. The maximum absolute atomic E-state index is 13.9. The fourth-order valence-corrected chi connectivity index (χ4v) is 2.21. The van der Waals surface area contributed by atoms with Crippen molar-refractivity contribution in [2.75, 3.05) is 0 Å². The van der Waals surface area contributed by atoms with E-state index in [1.165, 1.54) is 13.8 Å². The van der Waals surface area contributed by atoms with Crippen LogP contribution in [0.3, 0.4) is 0 Å². The lowest BCUT2D eigenvalue weighted by molar-refractivity contribution is 0.254. The molecule has 0 aromatic heterocycles. The van der Waals surface area contributed by atoms with E-state index in [1.807, 2.05) is 0 Å². The smallest absolute Gasteiger partial charge is 0.195 e. The third kappa shape index (κ3) is 2.35. The molecule has 0 radical (unpaired) electrons. The Kier molecular flexibility index (Phi) is 4.19. The number of aliphatic hydroxyl groups excluding tert-OH is 1. The first kappa shape index (κ1) is 16.4. The summed E-state index contributed by atoms with van der Waals surface area (Å²) in [6, 6.07) is 1.14. The van der Waals surface area contributed by atoms with Crippen molar-refractivity contribution in [3.8, 4) is 0 Å². The van der Waals surface area contributed by atoms with Crippen molar-refractivity contribution in [1.29, 1.82) is 0 Å². The Hall–Kier alpha value is -2.02. The molecule has 0 fully saturated rings. The predicted molar refractivity (Wildman–Crippen MR) is 68.0 cm³/mol. The van der Waals surface area contributed by atoms with Gasteiger partial charge in [-0.3, -0.25) is 0 Å². The highest BCUT2D eigenvalue weighted by molar-refractivity contribution is 5.80. The molecule has 1 nitrogen and oxygen atoms in total. The first-order valence-electron chi connectivity index (χ1n) is 6.13. The number of allylic oxidation sites excluding steroid dienone is 3. The molecule has 1 aromatic rings. The summed E-state index contributed by atoms with van der Waals surface area (Å²) in [6.07, 6.45) is -2.05. The predicted octanol–water partition coefficient (Wildman–Crippen LogP) is 4.65. The van der Waals surface area contributed by atoms with Gasteiger partial charge >= 0.3 is 0 Å². The van der Waals surface area contributed by atoms with Gasteiger partial charge in [-0.1, -0.05) is 5.57 Å². The van der Waals surface area contributed by atoms with E-state index in [4.69, 9.17) is 0 Å². The zero-order chi connectivity index (χ0) is 16.8. The molecule has 1 atom stereocenters. The highest BCUT2D eigenvalue weighted by Gasteiger charge is 2.37. The highest BCUT2D eigenvalue weighted by atomic mass is 19.2. The van der Waals surface area contributed by atoms with E-state index in [-0.39, 0.29) is 5.57 Å². The van der Waals surface area contributed by atoms with Crippen LogP contribution in [0.15, 0.2) is 40.8 Å². The number of benzene rings is 1. The summed E-state index contributed by atoms with van der Waals surface area (Å²) < 4.78 is 81.2. The third-order valence-corrected chi connectivity index (χ3v) is 3.27. The molecule has 1 N–H and O–H groups in total. The molecule has 0 amide bonds. The van der Waals surface area contributed by atoms with Crippen LogP contribution in [0, 0.1) is 17.5 Å². The van der Waals surface area contributed by atoms with Gasteiger partial charge in [0.1, 0.15) is 6.10 Å². The Balaban J connectivity index is 2.80. The lowest BCUT2D eigenvalue weighted by Gasteiger charge is -2.24. The zero-order valence-corrected chi connectivity index (χ0v) is 11.4. The molecule has 1 aliphatic rings. The van der Waals surface area contributed by atoms with Gasteiger partial charge < -0.3 is 5.11 Å². The molecule has 0 saturated heterocycles. The van der Waals surface area contributed by atoms with Crippen molar-refractivity contribution in [3.63, 3.8) is 0 Å². The number of aliphatic hydroxyl groups is 1. The SMILES string of the molecule is CC(C)=C1C(F)=C(F)C(F)=C(c2ccc(F)c(F)c2F)C1O. The van der Waals surface area contributed by atoms with Gasteiger partial charge in [-0.2, -0.15) is 0 Å². The van der Waals surface area contributed by atoms with Crippen molar-refractivity contribution in [1.82, 2.24) is 0 Å². The normalized spacial score (nSPS) is 19.1. The maximum atomic E-state index is 13.9. The van der Waals surface area contributed by atoms with E-state index in [9.17, 15) is 31.4 Å². The van der Waals surface area contributed by atoms with Crippen molar-refractivity contribution in [2.45, 2.75) is 20.0 Å². The van der Waals surface area contributed by atoms with Crippen molar-refractivity contribution in [2.24, 2.45) is 0 Å². The molecular formula is C15H10F6O. The first-order valence-corrected chi connectivity index (χ1v) is 6.13. The van der Waals surface area contributed by atoms with E-state index in [0.29, 0.717) is 12.1 Å². The summed E-state index contributed by atoms with van der Waals surface area (Å²) in [5.41, 5.74) is -2.34. The van der Waals surface area contributed by atoms with Crippen molar-refractivity contribution in [3.05, 3.63) is 63.8 Å². The molecule has 1 aliphatic carbocycles. The monoisotopic (exact) mass is 320 g/mol. The van der Waals surface area contributed by atoms with Crippen molar-refractivity contribution < 1.29 is 31.4 Å². The molecule has 118 valence electrons.